The van der Waals surface area contributed by atoms with Gasteiger partial charge in [-0.1, -0.05) is 0 Å². The van der Waals surface area contributed by atoms with Gasteiger partial charge in [0.15, 0.2) is 11.5 Å². The van der Waals surface area contributed by atoms with E-state index >= 15 is 0 Å². The molecular weight excluding hydrogens is 272 g/mol. The van der Waals surface area contributed by atoms with Gasteiger partial charge in [-0.25, -0.2) is 5.84 Å². The molecule has 1 aromatic carbocycles. The molecule has 21 heavy (non-hydrogen) atoms. The molecular formula is C15H24N2O4. The van der Waals surface area contributed by atoms with Crippen molar-refractivity contribution in [3.05, 3.63) is 17.7 Å². The Kier molecular flexibility index (Phi) is 7.39. The second-order valence-corrected chi connectivity index (χ2v) is 4.73. The van der Waals surface area contributed by atoms with Crippen LogP contribution < -0.4 is 25.5 Å². The van der Waals surface area contributed by atoms with Gasteiger partial charge in [0.2, 0.25) is 11.7 Å². The van der Waals surface area contributed by atoms with Crippen molar-refractivity contribution in [2.24, 2.45) is 5.84 Å². The van der Waals surface area contributed by atoms with Crippen molar-refractivity contribution in [2.75, 3.05) is 20.8 Å². The fourth-order valence-electron chi connectivity index (χ4n) is 1.96. The summed E-state index contributed by atoms with van der Waals surface area (Å²) in [6.07, 6.45) is 2.96. The number of hydrogen-bond donors (Lipinski definition) is 2. The number of amides is 1. The number of nitrogens with two attached hydrogens (primary N) is 1. The third-order valence-electron chi connectivity index (χ3n) is 3.06. The molecule has 0 unspecified atom stereocenters. The van der Waals surface area contributed by atoms with Crippen molar-refractivity contribution in [3.8, 4) is 17.2 Å². The van der Waals surface area contributed by atoms with E-state index in [4.69, 9.17) is 20.1 Å². The number of aryl methyl sites for hydroxylation is 1. The summed E-state index contributed by atoms with van der Waals surface area (Å²) < 4.78 is 16.4. The van der Waals surface area contributed by atoms with Gasteiger partial charge in [0.25, 0.3) is 0 Å². The number of benzene rings is 1. The van der Waals surface area contributed by atoms with Crippen molar-refractivity contribution in [3.63, 3.8) is 0 Å². The number of unbranched alkanes of at least 4 members (excludes halogenated alkanes) is 2. The van der Waals surface area contributed by atoms with Gasteiger partial charge in [-0.15, -0.1) is 0 Å². The van der Waals surface area contributed by atoms with Crippen LogP contribution in [0, 0.1) is 6.92 Å². The lowest BCUT2D eigenvalue weighted by Gasteiger charge is -2.15. The number of nitrogens with one attached hydrogen (secondary N) is 1. The average molecular weight is 296 g/mol. The van der Waals surface area contributed by atoms with Crippen LogP contribution in [0.25, 0.3) is 0 Å². The minimum Gasteiger partial charge on any atom is -0.493 e. The number of ether oxygens (including phenoxy) is 3. The van der Waals surface area contributed by atoms with Crippen LogP contribution in [0.3, 0.4) is 0 Å². The zero-order valence-corrected chi connectivity index (χ0v) is 12.9. The first kappa shape index (κ1) is 17.1. The first-order chi connectivity index (χ1) is 10.1. The third kappa shape index (κ3) is 5.51. The Balaban J connectivity index is 2.46. The molecule has 0 radical (unpaired) electrons. The fourth-order valence-corrected chi connectivity index (χ4v) is 1.96. The van der Waals surface area contributed by atoms with Crippen LogP contribution >= 0.6 is 0 Å². The molecule has 1 amide bonds. The third-order valence-corrected chi connectivity index (χ3v) is 3.06. The smallest absolute Gasteiger partial charge is 0.233 e. The second kappa shape index (κ2) is 9.07. The van der Waals surface area contributed by atoms with Crippen molar-refractivity contribution >= 4 is 5.91 Å². The maximum absolute atomic E-state index is 11.0. The summed E-state index contributed by atoms with van der Waals surface area (Å²) in [5, 5.41) is 0. The molecule has 6 nitrogen and oxygen atoms in total. The van der Waals surface area contributed by atoms with Crippen molar-refractivity contribution < 1.29 is 19.0 Å². The molecule has 0 heterocycles. The Morgan fingerprint density at radius 3 is 2.29 bits per heavy atom. The van der Waals surface area contributed by atoms with Crippen LogP contribution in [-0.2, 0) is 4.79 Å². The summed E-state index contributed by atoms with van der Waals surface area (Å²) in [6.45, 7) is 2.51. The van der Waals surface area contributed by atoms with Gasteiger partial charge in [-0.3, -0.25) is 10.2 Å². The molecule has 0 aromatic heterocycles. The van der Waals surface area contributed by atoms with E-state index in [0.29, 0.717) is 30.3 Å². The molecule has 3 N–H and O–H groups in total. The molecule has 0 aliphatic rings. The lowest BCUT2D eigenvalue weighted by molar-refractivity contribution is -0.121. The summed E-state index contributed by atoms with van der Waals surface area (Å²) in [5.74, 6) is 6.81. The topological polar surface area (TPSA) is 82.8 Å². The predicted molar refractivity (Wildman–Crippen MR) is 80.6 cm³/mol. The van der Waals surface area contributed by atoms with Gasteiger partial charge < -0.3 is 14.2 Å². The maximum Gasteiger partial charge on any atom is 0.233 e. The van der Waals surface area contributed by atoms with Crippen LogP contribution in [-0.4, -0.2) is 26.7 Å². The predicted octanol–water partition coefficient (Wildman–Crippen LogP) is 1.94. The van der Waals surface area contributed by atoms with Crippen molar-refractivity contribution in [1.29, 1.82) is 0 Å². The van der Waals surface area contributed by atoms with Crippen molar-refractivity contribution in [2.45, 2.75) is 32.6 Å². The molecule has 6 heteroatoms. The second-order valence-electron chi connectivity index (χ2n) is 4.73. The highest BCUT2D eigenvalue weighted by molar-refractivity contribution is 5.75. The van der Waals surface area contributed by atoms with E-state index in [-0.39, 0.29) is 5.91 Å². The quantitative estimate of drug-likeness (QED) is 0.315. The Labute approximate surface area is 125 Å². The van der Waals surface area contributed by atoms with Crippen LogP contribution in [0.5, 0.6) is 17.2 Å². The van der Waals surface area contributed by atoms with E-state index in [1.807, 2.05) is 19.1 Å². The summed E-state index contributed by atoms with van der Waals surface area (Å²) in [6, 6.07) is 3.81. The maximum atomic E-state index is 11.0. The minimum absolute atomic E-state index is 0.141. The van der Waals surface area contributed by atoms with Gasteiger partial charge >= 0.3 is 0 Å². The highest BCUT2D eigenvalue weighted by atomic mass is 16.5. The summed E-state index contributed by atoms with van der Waals surface area (Å²) in [4.78, 5) is 11.0. The molecule has 0 saturated heterocycles. The molecule has 0 aliphatic heterocycles. The van der Waals surface area contributed by atoms with Crippen LogP contribution in [0.4, 0.5) is 0 Å². The first-order valence-electron chi connectivity index (χ1n) is 6.97. The number of hydrazine groups is 1. The monoisotopic (exact) mass is 296 g/mol. The minimum atomic E-state index is -0.141. The largest absolute Gasteiger partial charge is 0.493 e. The highest BCUT2D eigenvalue weighted by Crippen LogP contribution is 2.38. The van der Waals surface area contributed by atoms with E-state index < -0.39 is 0 Å². The van der Waals surface area contributed by atoms with Gasteiger partial charge in [-0.05, 0) is 43.9 Å². The number of rotatable bonds is 9. The number of methoxy groups -OCH3 is 2. The lowest BCUT2D eigenvalue weighted by Crippen LogP contribution is -2.29. The van der Waals surface area contributed by atoms with Crippen LogP contribution in [0.2, 0.25) is 0 Å². The van der Waals surface area contributed by atoms with Gasteiger partial charge in [-0.2, -0.15) is 0 Å². The first-order valence-corrected chi connectivity index (χ1v) is 6.97. The highest BCUT2D eigenvalue weighted by Gasteiger charge is 2.12. The van der Waals surface area contributed by atoms with E-state index in [1.54, 1.807) is 14.2 Å². The Bertz CT molecular complexity index is 438. The van der Waals surface area contributed by atoms with E-state index in [2.05, 4.69) is 5.43 Å². The molecule has 0 aliphatic carbocycles. The van der Waals surface area contributed by atoms with E-state index in [1.165, 1.54) is 0 Å². The van der Waals surface area contributed by atoms with Crippen molar-refractivity contribution in [1.82, 2.24) is 5.43 Å². The molecule has 1 aromatic rings. The van der Waals surface area contributed by atoms with Gasteiger partial charge in [0.05, 0.1) is 20.8 Å². The fraction of sp³-hybridized carbons (Fsp3) is 0.533. The molecule has 118 valence electrons. The molecule has 0 fully saturated rings. The molecule has 0 bridgehead atoms. The average Bonchev–Trinajstić information content (AvgIpc) is 2.50. The van der Waals surface area contributed by atoms with Gasteiger partial charge in [0.1, 0.15) is 0 Å². The molecule has 0 saturated carbocycles. The Morgan fingerprint density at radius 1 is 1.14 bits per heavy atom. The number of carbonyl (C=O) groups excluding carboxylic acids is 1. The molecule has 0 atom stereocenters. The SMILES string of the molecule is COc1cc(C)cc(OC)c1OCCCCCC(=O)NN. The Hall–Kier alpha value is -1.95. The summed E-state index contributed by atoms with van der Waals surface area (Å²) in [5.41, 5.74) is 3.16. The molecule has 1 rings (SSSR count). The Morgan fingerprint density at radius 2 is 1.76 bits per heavy atom. The van der Waals surface area contributed by atoms with Gasteiger partial charge in [0, 0.05) is 6.42 Å². The zero-order chi connectivity index (χ0) is 15.7. The van der Waals surface area contributed by atoms with E-state index in [0.717, 1.165) is 24.8 Å². The number of carbonyl (C=O) groups is 1. The number of hydrogen-bond acceptors (Lipinski definition) is 5. The summed E-state index contributed by atoms with van der Waals surface area (Å²) >= 11 is 0. The standard InChI is InChI=1S/C15H24N2O4/c1-11-9-12(19-2)15(13(10-11)20-3)21-8-6-4-5-7-14(18)17-16/h9-10H,4-8,16H2,1-3H3,(H,17,18). The van der Waals surface area contributed by atoms with Crippen LogP contribution in [0.15, 0.2) is 12.1 Å². The normalized spacial score (nSPS) is 10.1. The van der Waals surface area contributed by atoms with E-state index in [9.17, 15) is 4.79 Å². The summed E-state index contributed by atoms with van der Waals surface area (Å²) in [7, 11) is 3.21. The van der Waals surface area contributed by atoms with Crippen LogP contribution in [0.1, 0.15) is 31.2 Å². The lowest BCUT2D eigenvalue weighted by atomic mass is 10.2. The zero-order valence-electron chi connectivity index (χ0n) is 12.9. The molecule has 0 spiro atoms.